The molecule has 0 saturated carbocycles. The summed E-state index contributed by atoms with van der Waals surface area (Å²) in [6, 6.07) is 8.40. The predicted octanol–water partition coefficient (Wildman–Crippen LogP) is 5.05. The number of nitrogens with one attached hydrogen (secondary N) is 1. The van der Waals surface area contributed by atoms with Crippen molar-refractivity contribution in [2.24, 2.45) is 0 Å². The van der Waals surface area contributed by atoms with Gasteiger partial charge in [-0.05, 0) is 55.3 Å². The van der Waals surface area contributed by atoms with Crippen molar-refractivity contribution in [1.82, 2.24) is 0 Å². The van der Waals surface area contributed by atoms with Crippen LogP contribution in [0.25, 0.3) is 0 Å². The van der Waals surface area contributed by atoms with Crippen molar-refractivity contribution >= 4 is 40.5 Å². The average molecular weight is 310 g/mol. The normalized spacial score (nSPS) is 10.4. The number of carbonyl (C=O) groups is 1. The van der Waals surface area contributed by atoms with Crippen LogP contribution in [0.1, 0.15) is 21.5 Å². The zero-order valence-corrected chi connectivity index (χ0v) is 12.5. The van der Waals surface area contributed by atoms with Gasteiger partial charge in [0.1, 0.15) is 0 Å². The van der Waals surface area contributed by atoms with Gasteiger partial charge in [0, 0.05) is 10.7 Å². The molecule has 0 atom stereocenters. The number of anilines is 2. The van der Waals surface area contributed by atoms with Crippen LogP contribution in [0.4, 0.5) is 11.4 Å². The van der Waals surface area contributed by atoms with Gasteiger partial charge in [-0.3, -0.25) is 0 Å². The SMILES string of the molecule is Cc1cc(Cl)c(Nc2ccc(C(=O)O)cc2C)cc1Cl. The quantitative estimate of drug-likeness (QED) is 0.834. The second kappa shape index (κ2) is 5.73. The molecule has 0 aliphatic heterocycles. The van der Waals surface area contributed by atoms with Gasteiger partial charge < -0.3 is 10.4 Å². The van der Waals surface area contributed by atoms with Crippen LogP contribution < -0.4 is 5.32 Å². The van der Waals surface area contributed by atoms with E-state index in [1.54, 1.807) is 30.3 Å². The number of halogens is 2. The summed E-state index contributed by atoms with van der Waals surface area (Å²) in [7, 11) is 0. The smallest absolute Gasteiger partial charge is 0.335 e. The fourth-order valence-electron chi connectivity index (χ4n) is 1.82. The van der Waals surface area contributed by atoms with Crippen molar-refractivity contribution in [2.45, 2.75) is 13.8 Å². The third-order valence-electron chi connectivity index (χ3n) is 2.99. The van der Waals surface area contributed by atoms with Crippen molar-refractivity contribution < 1.29 is 9.90 Å². The Hall–Kier alpha value is -1.71. The first kappa shape index (κ1) is 14.7. The summed E-state index contributed by atoms with van der Waals surface area (Å²) in [4.78, 5) is 10.9. The number of aromatic carboxylic acids is 1. The molecule has 0 bridgehead atoms. The van der Waals surface area contributed by atoms with Gasteiger partial charge in [-0.1, -0.05) is 23.2 Å². The molecule has 0 radical (unpaired) electrons. The maximum absolute atomic E-state index is 10.9. The lowest BCUT2D eigenvalue weighted by atomic mass is 10.1. The highest BCUT2D eigenvalue weighted by atomic mass is 35.5. The van der Waals surface area contributed by atoms with Gasteiger partial charge in [-0.25, -0.2) is 4.79 Å². The number of aryl methyl sites for hydroxylation is 2. The number of rotatable bonds is 3. The molecule has 0 unspecified atom stereocenters. The first-order valence-corrected chi connectivity index (χ1v) is 6.70. The Labute approximate surface area is 127 Å². The third-order valence-corrected chi connectivity index (χ3v) is 3.71. The van der Waals surface area contributed by atoms with Crippen molar-refractivity contribution in [3.05, 3.63) is 57.1 Å². The van der Waals surface area contributed by atoms with Crippen LogP contribution in [0, 0.1) is 13.8 Å². The van der Waals surface area contributed by atoms with E-state index in [0.717, 1.165) is 16.8 Å². The fourth-order valence-corrected chi connectivity index (χ4v) is 2.25. The standard InChI is InChI=1S/C15H13Cl2NO2/c1-8-6-12(17)14(7-11(8)16)18-13-4-3-10(15(19)20)5-9(13)2/h3-7,18H,1-2H3,(H,19,20). The molecule has 2 rings (SSSR count). The maximum Gasteiger partial charge on any atom is 0.335 e. The summed E-state index contributed by atoms with van der Waals surface area (Å²) in [5.41, 5.74) is 3.45. The first-order chi connectivity index (χ1) is 9.38. The Bertz CT molecular complexity index is 684. The van der Waals surface area contributed by atoms with E-state index in [9.17, 15) is 4.79 Å². The number of hydrogen-bond acceptors (Lipinski definition) is 2. The molecule has 20 heavy (non-hydrogen) atoms. The molecule has 104 valence electrons. The van der Waals surface area contributed by atoms with Gasteiger partial charge in [0.05, 0.1) is 16.3 Å². The summed E-state index contributed by atoms with van der Waals surface area (Å²) in [5.74, 6) is -0.948. The minimum Gasteiger partial charge on any atom is -0.478 e. The molecule has 2 N–H and O–H groups in total. The first-order valence-electron chi connectivity index (χ1n) is 5.95. The largest absolute Gasteiger partial charge is 0.478 e. The Morgan fingerprint density at radius 1 is 1.00 bits per heavy atom. The van der Waals surface area contributed by atoms with Crippen molar-refractivity contribution in [3.8, 4) is 0 Å². The molecule has 0 heterocycles. The molecule has 3 nitrogen and oxygen atoms in total. The Morgan fingerprint density at radius 2 is 1.70 bits per heavy atom. The summed E-state index contributed by atoms with van der Waals surface area (Å²) in [6.07, 6.45) is 0. The highest BCUT2D eigenvalue weighted by Gasteiger charge is 2.09. The molecule has 0 aromatic heterocycles. The van der Waals surface area contributed by atoms with E-state index < -0.39 is 5.97 Å². The minimum atomic E-state index is -0.948. The van der Waals surface area contributed by atoms with Gasteiger partial charge in [0.15, 0.2) is 0 Å². The van der Waals surface area contributed by atoms with E-state index in [0.29, 0.717) is 15.7 Å². The molecule has 0 aliphatic rings. The van der Waals surface area contributed by atoms with E-state index in [4.69, 9.17) is 28.3 Å². The van der Waals surface area contributed by atoms with E-state index >= 15 is 0 Å². The maximum atomic E-state index is 10.9. The topological polar surface area (TPSA) is 49.3 Å². The van der Waals surface area contributed by atoms with Crippen molar-refractivity contribution in [3.63, 3.8) is 0 Å². The molecule has 2 aromatic carbocycles. The molecular formula is C15H13Cl2NO2. The fraction of sp³-hybridized carbons (Fsp3) is 0.133. The van der Waals surface area contributed by atoms with E-state index in [1.807, 2.05) is 13.8 Å². The molecule has 2 aromatic rings. The summed E-state index contributed by atoms with van der Waals surface area (Å²) >= 11 is 12.3. The zero-order valence-electron chi connectivity index (χ0n) is 11.0. The Kier molecular flexibility index (Phi) is 4.21. The van der Waals surface area contributed by atoms with Crippen LogP contribution in [0.2, 0.25) is 10.0 Å². The van der Waals surface area contributed by atoms with Gasteiger partial charge >= 0.3 is 5.97 Å². The number of hydrogen-bond donors (Lipinski definition) is 2. The van der Waals surface area contributed by atoms with Crippen LogP contribution in [-0.2, 0) is 0 Å². The lowest BCUT2D eigenvalue weighted by Crippen LogP contribution is -1.99. The van der Waals surface area contributed by atoms with Crippen LogP contribution in [-0.4, -0.2) is 11.1 Å². The van der Waals surface area contributed by atoms with Crippen LogP contribution in [0.3, 0.4) is 0 Å². The summed E-state index contributed by atoms with van der Waals surface area (Å²) < 4.78 is 0. The molecule has 0 fully saturated rings. The van der Waals surface area contributed by atoms with Crippen molar-refractivity contribution in [1.29, 1.82) is 0 Å². The molecule has 0 amide bonds. The lowest BCUT2D eigenvalue weighted by Gasteiger charge is -2.13. The second-order valence-electron chi connectivity index (χ2n) is 4.54. The van der Waals surface area contributed by atoms with Gasteiger partial charge in [0.25, 0.3) is 0 Å². The van der Waals surface area contributed by atoms with E-state index in [1.165, 1.54) is 0 Å². The minimum absolute atomic E-state index is 0.251. The van der Waals surface area contributed by atoms with Gasteiger partial charge in [-0.15, -0.1) is 0 Å². The van der Waals surface area contributed by atoms with Crippen LogP contribution >= 0.6 is 23.2 Å². The zero-order chi connectivity index (χ0) is 14.9. The average Bonchev–Trinajstić information content (AvgIpc) is 2.37. The Morgan fingerprint density at radius 3 is 2.30 bits per heavy atom. The van der Waals surface area contributed by atoms with Crippen molar-refractivity contribution in [2.75, 3.05) is 5.32 Å². The lowest BCUT2D eigenvalue weighted by molar-refractivity contribution is 0.0697. The van der Waals surface area contributed by atoms with Gasteiger partial charge in [0.2, 0.25) is 0 Å². The van der Waals surface area contributed by atoms with Crippen LogP contribution in [0.15, 0.2) is 30.3 Å². The van der Waals surface area contributed by atoms with Crippen LogP contribution in [0.5, 0.6) is 0 Å². The Balaban J connectivity index is 2.35. The molecular weight excluding hydrogens is 297 g/mol. The van der Waals surface area contributed by atoms with E-state index in [-0.39, 0.29) is 5.56 Å². The molecule has 0 saturated heterocycles. The van der Waals surface area contributed by atoms with E-state index in [2.05, 4.69) is 5.32 Å². The van der Waals surface area contributed by atoms with Gasteiger partial charge in [-0.2, -0.15) is 0 Å². The molecule has 0 aliphatic carbocycles. The highest BCUT2D eigenvalue weighted by Crippen LogP contribution is 2.32. The summed E-state index contributed by atoms with van der Waals surface area (Å²) in [6.45, 7) is 3.71. The monoisotopic (exact) mass is 309 g/mol. The molecule has 5 heteroatoms. The highest BCUT2D eigenvalue weighted by molar-refractivity contribution is 6.35. The predicted molar refractivity (Wildman–Crippen MR) is 82.6 cm³/mol. The summed E-state index contributed by atoms with van der Waals surface area (Å²) in [5, 5.41) is 13.3. The second-order valence-corrected chi connectivity index (χ2v) is 5.36. The third kappa shape index (κ3) is 3.06. The molecule has 0 spiro atoms. The number of benzene rings is 2. The number of carboxylic acids is 1. The number of carboxylic acid groups (broad SMARTS) is 1.